The minimum atomic E-state index is -0.571. The van der Waals surface area contributed by atoms with Crippen molar-refractivity contribution in [2.45, 2.75) is 36.4 Å². The van der Waals surface area contributed by atoms with Crippen LogP contribution in [0.3, 0.4) is 0 Å². The van der Waals surface area contributed by atoms with Gasteiger partial charge in [-0.05, 0) is 61.7 Å². The van der Waals surface area contributed by atoms with Gasteiger partial charge in [0.05, 0.1) is 37.0 Å². The monoisotopic (exact) mass is 588 g/mol. The molecule has 0 spiro atoms. The molecule has 0 fully saturated rings. The van der Waals surface area contributed by atoms with Gasteiger partial charge in [-0.1, -0.05) is 35.2 Å². The van der Waals surface area contributed by atoms with Crippen LogP contribution >= 0.6 is 23.1 Å². The number of methoxy groups -OCH3 is 1. The zero-order chi connectivity index (χ0) is 28.9. The van der Waals surface area contributed by atoms with E-state index in [1.54, 1.807) is 48.4 Å². The van der Waals surface area contributed by atoms with E-state index in [1.807, 2.05) is 19.1 Å². The lowest BCUT2D eigenvalue weighted by atomic mass is 9.76. The topological polar surface area (TPSA) is 143 Å². The summed E-state index contributed by atoms with van der Waals surface area (Å²) in [6, 6.07) is 16.7. The van der Waals surface area contributed by atoms with E-state index >= 15 is 0 Å². The lowest BCUT2D eigenvalue weighted by Gasteiger charge is -2.38. The molecular formula is C29H28N6O4S2. The summed E-state index contributed by atoms with van der Waals surface area (Å²) >= 11 is 2.50. The number of rotatable bonds is 9. The number of nitrogens with two attached hydrogens (primary N) is 1. The van der Waals surface area contributed by atoms with E-state index < -0.39 is 5.92 Å². The molecule has 1 aliphatic heterocycles. The van der Waals surface area contributed by atoms with Crippen LogP contribution in [-0.2, 0) is 9.59 Å². The maximum absolute atomic E-state index is 13.3. The summed E-state index contributed by atoms with van der Waals surface area (Å²) in [5.41, 5.74) is 9.66. The van der Waals surface area contributed by atoms with Crippen molar-refractivity contribution in [2.75, 3.05) is 29.7 Å². The molecule has 1 aliphatic carbocycles. The second-order valence-corrected chi connectivity index (χ2v) is 11.4. The summed E-state index contributed by atoms with van der Waals surface area (Å²) < 4.78 is 11.3. The van der Waals surface area contributed by atoms with Crippen molar-refractivity contribution in [3.63, 3.8) is 0 Å². The predicted octanol–water partition coefficient (Wildman–Crippen LogP) is 4.98. The minimum absolute atomic E-state index is 0.0117. The number of ketones is 1. The summed E-state index contributed by atoms with van der Waals surface area (Å²) in [6.45, 7) is 2.48. The highest BCUT2D eigenvalue weighted by atomic mass is 32.2. The van der Waals surface area contributed by atoms with Gasteiger partial charge in [0.1, 0.15) is 17.3 Å². The number of nitrogens with zero attached hydrogens (tertiary/aromatic N) is 4. The van der Waals surface area contributed by atoms with E-state index in [4.69, 9.17) is 15.2 Å². The molecule has 210 valence electrons. The van der Waals surface area contributed by atoms with E-state index in [1.165, 1.54) is 23.1 Å². The van der Waals surface area contributed by atoms with Crippen molar-refractivity contribution in [2.24, 2.45) is 5.73 Å². The van der Waals surface area contributed by atoms with Crippen molar-refractivity contribution in [3.8, 4) is 17.6 Å². The van der Waals surface area contributed by atoms with Gasteiger partial charge in [0.25, 0.3) is 0 Å². The van der Waals surface area contributed by atoms with Crippen molar-refractivity contribution in [1.82, 2.24) is 10.2 Å². The fourth-order valence-electron chi connectivity index (χ4n) is 4.91. The lowest BCUT2D eigenvalue weighted by Crippen LogP contribution is -2.38. The molecule has 41 heavy (non-hydrogen) atoms. The van der Waals surface area contributed by atoms with Gasteiger partial charge < -0.3 is 20.5 Å². The molecular weight excluding hydrogens is 560 g/mol. The lowest BCUT2D eigenvalue weighted by molar-refractivity contribution is -0.116. The van der Waals surface area contributed by atoms with E-state index in [0.717, 1.165) is 17.0 Å². The Morgan fingerprint density at radius 3 is 2.59 bits per heavy atom. The zero-order valence-electron chi connectivity index (χ0n) is 22.5. The van der Waals surface area contributed by atoms with Crippen LogP contribution in [0.15, 0.2) is 75.5 Å². The van der Waals surface area contributed by atoms with Gasteiger partial charge in [-0.2, -0.15) is 5.26 Å². The average molecular weight is 589 g/mol. The van der Waals surface area contributed by atoms with Crippen molar-refractivity contribution >= 4 is 45.6 Å². The van der Waals surface area contributed by atoms with Gasteiger partial charge in [-0.15, -0.1) is 10.2 Å². The quantitative estimate of drug-likeness (QED) is 0.328. The smallest absolute Gasteiger partial charge is 0.234 e. The summed E-state index contributed by atoms with van der Waals surface area (Å²) in [4.78, 5) is 27.5. The SMILES string of the molecule is CCOc1ccc(NC(=O)CSc2nnc(N3C(N)=C(C#N)C(c4ccc(OC)cc4)C4=C3CCCC4=O)s2)cc1. The number of carbonyl (C=O) groups is 2. The van der Waals surface area contributed by atoms with Crippen LogP contribution in [0.25, 0.3) is 0 Å². The average Bonchev–Trinajstić information content (AvgIpc) is 3.45. The van der Waals surface area contributed by atoms with Crippen molar-refractivity contribution < 1.29 is 19.1 Å². The van der Waals surface area contributed by atoms with E-state index in [0.29, 0.717) is 52.4 Å². The number of allylic oxidation sites excluding steroid dienone is 3. The summed E-state index contributed by atoms with van der Waals surface area (Å²) in [5, 5.41) is 22.1. The Morgan fingerprint density at radius 2 is 1.90 bits per heavy atom. The first-order chi connectivity index (χ1) is 19.9. The van der Waals surface area contributed by atoms with Gasteiger partial charge in [0.2, 0.25) is 11.0 Å². The first-order valence-corrected chi connectivity index (χ1v) is 14.8. The number of nitrogens with one attached hydrogen (secondary N) is 1. The zero-order valence-corrected chi connectivity index (χ0v) is 24.2. The number of carbonyl (C=O) groups excluding carboxylic acids is 2. The maximum atomic E-state index is 13.3. The molecule has 0 radical (unpaired) electrons. The summed E-state index contributed by atoms with van der Waals surface area (Å²) in [7, 11) is 1.58. The third kappa shape index (κ3) is 5.91. The van der Waals surface area contributed by atoms with E-state index in [-0.39, 0.29) is 28.8 Å². The fourth-order valence-corrected chi connectivity index (χ4v) is 6.59. The third-order valence-corrected chi connectivity index (χ3v) is 8.77. The Labute approximate surface area is 245 Å². The summed E-state index contributed by atoms with van der Waals surface area (Å²) in [5.74, 6) is 0.995. The highest BCUT2D eigenvalue weighted by molar-refractivity contribution is 8.01. The van der Waals surface area contributed by atoms with Crippen molar-refractivity contribution in [1.29, 1.82) is 5.26 Å². The highest BCUT2D eigenvalue weighted by Gasteiger charge is 2.41. The molecule has 1 atom stereocenters. The number of thioether (sulfide) groups is 1. The normalized spacial score (nSPS) is 16.8. The minimum Gasteiger partial charge on any atom is -0.497 e. The van der Waals surface area contributed by atoms with Crippen LogP contribution in [0.1, 0.15) is 37.7 Å². The molecule has 2 heterocycles. The van der Waals surface area contributed by atoms with Gasteiger partial charge in [0, 0.05) is 23.4 Å². The number of anilines is 2. The second-order valence-electron chi connectivity index (χ2n) is 9.23. The maximum Gasteiger partial charge on any atom is 0.234 e. The molecule has 1 amide bonds. The molecule has 12 heteroatoms. The molecule has 3 aromatic rings. The third-order valence-electron chi connectivity index (χ3n) is 6.73. The Hall–Kier alpha value is -4.34. The Bertz CT molecular complexity index is 1560. The van der Waals surface area contributed by atoms with Crippen LogP contribution in [0.5, 0.6) is 11.5 Å². The molecule has 10 nitrogen and oxygen atoms in total. The Morgan fingerprint density at radius 1 is 1.17 bits per heavy atom. The van der Waals surface area contributed by atoms with Gasteiger partial charge in [0.15, 0.2) is 10.1 Å². The van der Waals surface area contributed by atoms with Gasteiger partial charge >= 0.3 is 0 Å². The molecule has 0 saturated carbocycles. The number of Topliss-reactive ketones (excluding diaryl/α,β-unsaturated/α-hetero) is 1. The number of hydrogen-bond donors (Lipinski definition) is 2. The van der Waals surface area contributed by atoms with E-state index in [9.17, 15) is 14.9 Å². The van der Waals surface area contributed by atoms with Gasteiger partial charge in [-0.25, -0.2) is 0 Å². The number of amides is 1. The highest BCUT2D eigenvalue weighted by Crippen LogP contribution is 2.47. The number of hydrogen-bond acceptors (Lipinski definition) is 11. The fraction of sp³-hybridized carbons (Fsp3) is 0.276. The molecule has 0 saturated heterocycles. The van der Waals surface area contributed by atoms with Crippen LogP contribution in [0.2, 0.25) is 0 Å². The molecule has 2 aliphatic rings. The second kappa shape index (κ2) is 12.4. The number of aromatic nitrogens is 2. The molecule has 5 rings (SSSR count). The molecule has 1 aromatic heterocycles. The standard InChI is InChI=1S/C29H28N6O4S2/c1-3-39-20-13-9-18(10-14-20)32-24(37)16-40-29-34-33-28(41-29)35-22-5-4-6-23(36)26(22)25(21(15-30)27(35)31)17-7-11-19(38-2)12-8-17/h7-14,25H,3-6,16,31H2,1-2H3,(H,32,37). The predicted molar refractivity (Wildman–Crippen MR) is 158 cm³/mol. The van der Waals surface area contributed by atoms with Crippen LogP contribution < -0.4 is 25.4 Å². The van der Waals surface area contributed by atoms with E-state index in [2.05, 4.69) is 21.6 Å². The number of nitriles is 1. The van der Waals surface area contributed by atoms with Crippen LogP contribution in [0.4, 0.5) is 10.8 Å². The number of benzene rings is 2. The summed E-state index contributed by atoms with van der Waals surface area (Å²) in [6.07, 6.45) is 1.68. The van der Waals surface area contributed by atoms with Gasteiger partial charge in [-0.3, -0.25) is 14.5 Å². The largest absolute Gasteiger partial charge is 0.497 e. The first-order valence-electron chi connectivity index (χ1n) is 13.0. The molecule has 2 aromatic carbocycles. The molecule has 3 N–H and O–H groups in total. The number of ether oxygens (including phenoxy) is 2. The van der Waals surface area contributed by atoms with Crippen LogP contribution in [0, 0.1) is 11.3 Å². The first kappa shape index (κ1) is 28.2. The van der Waals surface area contributed by atoms with Crippen molar-refractivity contribution in [3.05, 3.63) is 76.8 Å². The molecule has 1 unspecified atom stereocenters. The Balaban J connectivity index is 1.36. The van der Waals surface area contributed by atoms with Crippen LogP contribution in [-0.4, -0.2) is 41.4 Å². The Kier molecular flexibility index (Phi) is 8.56. The molecule has 0 bridgehead atoms.